The van der Waals surface area contributed by atoms with Crippen molar-refractivity contribution in [3.05, 3.63) is 0 Å². The SMILES string of the molecule is CC(C#N)CNCCNC(=O)OC(C)(C)C. The third kappa shape index (κ3) is 9.28. The topological polar surface area (TPSA) is 74.2 Å². The van der Waals surface area contributed by atoms with Crippen molar-refractivity contribution in [2.45, 2.75) is 33.3 Å². The Morgan fingerprint density at radius 3 is 2.56 bits per heavy atom. The van der Waals surface area contributed by atoms with Gasteiger partial charge in [0.2, 0.25) is 0 Å². The predicted octanol–water partition coefficient (Wildman–Crippen LogP) is 1.26. The zero-order valence-electron chi connectivity index (χ0n) is 10.5. The number of ether oxygens (including phenoxy) is 1. The van der Waals surface area contributed by atoms with Gasteiger partial charge in [0.1, 0.15) is 5.60 Å². The van der Waals surface area contributed by atoms with Crippen LogP contribution in [0.15, 0.2) is 0 Å². The maximum absolute atomic E-state index is 11.2. The summed E-state index contributed by atoms with van der Waals surface area (Å²) < 4.78 is 5.06. The quantitative estimate of drug-likeness (QED) is 0.693. The number of nitrogens with zero attached hydrogens (tertiary/aromatic N) is 1. The summed E-state index contributed by atoms with van der Waals surface area (Å²) in [7, 11) is 0. The highest BCUT2D eigenvalue weighted by Crippen LogP contribution is 2.05. The van der Waals surface area contributed by atoms with Crippen LogP contribution in [0.3, 0.4) is 0 Å². The molecule has 16 heavy (non-hydrogen) atoms. The first-order valence-corrected chi connectivity index (χ1v) is 5.42. The van der Waals surface area contributed by atoms with Crippen LogP contribution in [0.4, 0.5) is 4.79 Å². The lowest BCUT2D eigenvalue weighted by Crippen LogP contribution is -2.37. The Morgan fingerprint density at radius 1 is 1.44 bits per heavy atom. The second-order valence-corrected chi connectivity index (χ2v) is 4.66. The average molecular weight is 227 g/mol. The van der Waals surface area contributed by atoms with Gasteiger partial charge in [-0.25, -0.2) is 4.79 Å². The molecule has 0 fully saturated rings. The Kier molecular flexibility index (Phi) is 6.50. The second-order valence-electron chi connectivity index (χ2n) is 4.66. The van der Waals surface area contributed by atoms with Gasteiger partial charge < -0.3 is 15.4 Å². The van der Waals surface area contributed by atoms with E-state index in [1.807, 2.05) is 27.7 Å². The van der Waals surface area contributed by atoms with E-state index >= 15 is 0 Å². The number of hydrogen-bond donors (Lipinski definition) is 2. The summed E-state index contributed by atoms with van der Waals surface area (Å²) in [5, 5.41) is 14.2. The lowest BCUT2D eigenvalue weighted by molar-refractivity contribution is 0.0528. The highest BCUT2D eigenvalue weighted by Gasteiger charge is 2.15. The number of nitriles is 1. The van der Waals surface area contributed by atoms with E-state index in [9.17, 15) is 4.79 Å². The molecule has 5 heteroatoms. The number of carbonyl (C=O) groups is 1. The van der Waals surface area contributed by atoms with Gasteiger partial charge in [-0.15, -0.1) is 0 Å². The highest BCUT2D eigenvalue weighted by molar-refractivity contribution is 5.67. The molecule has 0 radical (unpaired) electrons. The van der Waals surface area contributed by atoms with Gasteiger partial charge in [-0.3, -0.25) is 0 Å². The summed E-state index contributed by atoms with van der Waals surface area (Å²) in [6.07, 6.45) is -0.414. The third-order valence-corrected chi connectivity index (χ3v) is 1.64. The fourth-order valence-corrected chi connectivity index (χ4v) is 0.931. The lowest BCUT2D eigenvalue weighted by Gasteiger charge is -2.19. The molecule has 0 aromatic rings. The van der Waals surface area contributed by atoms with Crippen LogP contribution in [0.5, 0.6) is 0 Å². The molecule has 2 N–H and O–H groups in total. The van der Waals surface area contributed by atoms with Crippen LogP contribution in [0.1, 0.15) is 27.7 Å². The molecule has 0 saturated heterocycles. The molecule has 0 spiro atoms. The summed E-state index contributed by atoms with van der Waals surface area (Å²) in [4.78, 5) is 11.2. The number of nitrogens with one attached hydrogen (secondary N) is 2. The van der Waals surface area contributed by atoms with E-state index in [0.717, 1.165) is 0 Å². The molecule has 0 aliphatic heterocycles. The summed E-state index contributed by atoms with van der Waals surface area (Å²) in [6, 6.07) is 2.12. The lowest BCUT2D eigenvalue weighted by atomic mass is 10.2. The van der Waals surface area contributed by atoms with Crippen LogP contribution < -0.4 is 10.6 Å². The number of rotatable bonds is 5. The van der Waals surface area contributed by atoms with Crippen LogP contribution in [0.2, 0.25) is 0 Å². The van der Waals surface area contributed by atoms with E-state index in [1.165, 1.54) is 0 Å². The van der Waals surface area contributed by atoms with Gasteiger partial charge in [0.15, 0.2) is 0 Å². The molecule has 1 unspecified atom stereocenters. The molecule has 0 aliphatic carbocycles. The Bertz CT molecular complexity index is 253. The third-order valence-electron chi connectivity index (χ3n) is 1.64. The van der Waals surface area contributed by atoms with Crippen molar-refractivity contribution in [3.63, 3.8) is 0 Å². The minimum absolute atomic E-state index is 0.0125. The van der Waals surface area contributed by atoms with E-state index in [1.54, 1.807) is 0 Å². The normalized spacial score (nSPS) is 12.7. The number of alkyl carbamates (subject to hydrolysis) is 1. The first kappa shape index (κ1) is 14.7. The predicted molar refractivity (Wildman–Crippen MR) is 61.9 cm³/mol. The van der Waals surface area contributed by atoms with Crippen LogP contribution in [0.25, 0.3) is 0 Å². The van der Waals surface area contributed by atoms with Crippen molar-refractivity contribution in [3.8, 4) is 6.07 Å². The second kappa shape index (κ2) is 7.07. The van der Waals surface area contributed by atoms with Gasteiger partial charge in [-0.1, -0.05) is 0 Å². The largest absolute Gasteiger partial charge is 0.444 e. The van der Waals surface area contributed by atoms with Crippen molar-refractivity contribution in [1.82, 2.24) is 10.6 Å². The maximum atomic E-state index is 11.2. The van der Waals surface area contributed by atoms with E-state index in [4.69, 9.17) is 10.00 Å². The van der Waals surface area contributed by atoms with E-state index in [2.05, 4.69) is 16.7 Å². The van der Waals surface area contributed by atoms with Gasteiger partial charge in [0.25, 0.3) is 0 Å². The molecule has 1 amide bonds. The van der Waals surface area contributed by atoms with Crippen LogP contribution in [-0.2, 0) is 4.74 Å². The molecular formula is C11H21N3O2. The summed E-state index contributed by atoms with van der Waals surface area (Å²) in [5.41, 5.74) is -0.465. The first-order valence-electron chi connectivity index (χ1n) is 5.42. The van der Waals surface area contributed by atoms with Crippen molar-refractivity contribution in [1.29, 1.82) is 5.26 Å². The standard InChI is InChI=1S/C11H21N3O2/c1-9(7-12)8-13-5-6-14-10(15)16-11(2,3)4/h9,13H,5-6,8H2,1-4H3,(H,14,15). The zero-order chi connectivity index (χ0) is 12.6. The first-order chi connectivity index (χ1) is 7.35. The van der Waals surface area contributed by atoms with Crippen molar-refractivity contribution in [2.75, 3.05) is 19.6 Å². The molecular weight excluding hydrogens is 206 g/mol. The summed E-state index contributed by atoms with van der Waals surface area (Å²) >= 11 is 0. The summed E-state index contributed by atoms with van der Waals surface area (Å²) in [5.74, 6) is -0.0125. The zero-order valence-corrected chi connectivity index (χ0v) is 10.5. The van der Waals surface area contributed by atoms with Gasteiger partial charge in [0.05, 0.1) is 12.0 Å². The number of amides is 1. The Balaban J connectivity index is 3.46. The van der Waals surface area contributed by atoms with Gasteiger partial charge in [-0.2, -0.15) is 5.26 Å². The average Bonchev–Trinajstić information content (AvgIpc) is 2.14. The molecule has 0 saturated carbocycles. The molecule has 0 aliphatic rings. The molecule has 0 aromatic carbocycles. The maximum Gasteiger partial charge on any atom is 0.407 e. The van der Waals surface area contributed by atoms with Gasteiger partial charge in [0, 0.05) is 19.6 Å². The smallest absolute Gasteiger partial charge is 0.407 e. The molecule has 0 rings (SSSR count). The van der Waals surface area contributed by atoms with Crippen molar-refractivity contribution >= 4 is 6.09 Å². The molecule has 0 bridgehead atoms. The van der Waals surface area contributed by atoms with Gasteiger partial charge >= 0.3 is 6.09 Å². The van der Waals surface area contributed by atoms with Crippen molar-refractivity contribution < 1.29 is 9.53 Å². The molecule has 0 heterocycles. The van der Waals surface area contributed by atoms with Crippen LogP contribution in [-0.4, -0.2) is 31.3 Å². The van der Waals surface area contributed by atoms with Crippen LogP contribution >= 0.6 is 0 Å². The Labute approximate surface area is 97.2 Å². The molecule has 0 aromatic heterocycles. The molecule has 5 nitrogen and oxygen atoms in total. The highest BCUT2D eigenvalue weighted by atomic mass is 16.6. The van der Waals surface area contributed by atoms with E-state index in [0.29, 0.717) is 19.6 Å². The Hall–Kier alpha value is -1.28. The molecule has 92 valence electrons. The van der Waals surface area contributed by atoms with E-state index < -0.39 is 11.7 Å². The Morgan fingerprint density at radius 2 is 2.06 bits per heavy atom. The fourth-order valence-electron chi connectivity index (χ4n) is 0.931. The molecule has 1 atom stereocenters. The fraction of sp³-hybridized carbons (Fsp3) is 0.818. The van der Waals surface area contributed by atoms with E-state index in [-0.39, 0.29) is 5.92 Å². The van der Waals surface area contributed by atoms with Gasteiger partial charge in [-0.05, 0) is 27.7 Å². The minimum Gasteiger partial charge on any atom is -0.444 e. The monoisotopic (exact) mass is 227 g/mol. The van der Waals surface area contributed by atoms with Crippen molar-refractivity contribution in [2.24, 2.45) is 5.92 Å². The summed E-state index contributed by atoms with van der Waals surface area (Å²) in [6.45, 7) is 9.05. The number of carbonyl (C=O) groups excluding carboxylic acids is 1. The number of hydrogen-bond acceptors (Lipinski definition) is 4. The minimum atomic E-state index is -0.465. The van der Waals surface area contributed by atoms with Crippen LogP contribution in [0, 0.1) is 17.2 Å².